The minimum Gasteiger partial charge on any atom is -0.480 e. The van der Waals surface area contributed by atoms with Crippen LogP contribution in [-0.4, -0.2) is 28.2 Å². The van der Waals surface area contributed by atoms with E-state index in [2.05, 4.69) is 9.97 Å². The maximum atomic E-state index is 10.8. The van der Waals surface area contributed by atoms with Crippen molar-refractivity contribution in [3.05, 3.63) is 11.1 Å². The number of nitrogen functional groups attached to an aromatic ring is 1. The third-order valence-electron chi connectivity index (χ3n) is 1.82. The second kappa shape index (κ2) is 3.35. The first-order valence-corrected chi connectivity index (χ1v) is 4.77. The van der Waals surface area contributed by atoms with Crippen LogP contribution in [0.15, 0.2) is 6.20 Å². The van der Waals surface area contributed by atoms with Crippen molar-refractivity contribution in [1.29, 1.82) is 0 Å². The Morgan fingerprint density at radius 1 is 1.67 bits per heavy atom. The normalized spacial score (nSPS) is 10.5. The lowest BCUT2D eigenvalue weighted by Crippen LogP contribution is -1.97. The number of carbonyl (C=O) groups is 1. The van der Waals surface area contributed by atoms with E-state index < -0.39 is 5.97 Å². The molecule has 15 heavy (non-hydrogen) atoms. The van der Waals surface area contributed by atoms with Crippen molar-refractivity contribution in [3.63, 3.8) is 0 Å². The third kappa shape index (κ3) is 1.46. The largest absolute Gasteiger partial charge is 0.480 e. The quantitative estimate of drug-likeness (QED) is 0.790. The van der Waals surface area contributed by atoms with Crippen molar-refractivity contribution < 1.29 is 14.6 Å². The summed E-state index contributed by atoms with van der Waals surface area (Å²) in [6.07, 6.45) is 1.40. The molecule has 0 aliphatic heterocycles. The molecule has 0 aromatic carbocycles. The molecule has 0 saturated carbocycles. The zero-order valence-electron chi connectivity index (χ0n) is 7.72. The van der Waals surface area contributed by atoms with Gasteiger partial charge in [0.05, 0.1) is 19.0 Å². The molecule has 0 unspecified atom stereocenters. The fourth-order valence-corrected chi connectivity index (χ4v) is 2.01. The first-order valence-electron chi connectivity index (χ1n) is 3.95. The average Bonchev–Trinajstić information content (AvgIpc) is 2.55. The lowest BCUT2D eigenvalue weighted by atomic mass is 10.3. The Morgan fingerprint density at radius 3 is 3.00 bits per heavy atom. The number of aromatic nitrogens is 2. The maximum absolute atomic E-state index is 10.8. The van der Waals surface area contributed by atoms with Gasteiger partial charge in [-0.3, -0.25) is 0 Å². The van der Waals surface area contributed by atoms with Crippen molar-refractivity contribution in [2.45, 2.75) is 0 Å². The highest BCUT2D eigenvalue weighted by atomic mass is 32.1. The monoisotopic (exact) mass is 225 g/mol. The number of hydrogen-bond donors (Lipinski definition) is 2. The molecular weight excluding hydrogens is 218 g/mol. The number of nitrogens with zero attached hydrogens (tertiary/aromatic N) is 2. The zero-order chi connectivity index (χ0) is 11.0. The van der Waals surface area contributed by atoms with Gasteiger partial charge < -0.3 is 15.6 Å². The topological polar surface area (TPSA) is 98.3 Å². The summed E-state index contributed by atoms with van der Waals surface area (Å²) in [5, 5.41) is 8.84. The first kappa shape index (κ1) is 9.66. The number of methoxy groups -OCH3 is 1. The van der Waals surface area contributed by atoms with Crippen molar-refractivity contribution in [2.24, 2.45) is 0 Å². The molecule has 0 bridgehead atoms. The van der Waals surface area contributed by atoms with Gasteiger partial charge in [-0.15, -0.1) is 11.3 Å². The molecule has 0 spiro atoms. The van der Waals surface area contributed by atoms with Gasteiger partial charge in [-0.1, -0.05) is 0 Å². The molecule has 0 aliphatic rings. The lowest BCUT2D eigenvalue weighted by molar-refractivity contribution is 0.0703. The highest BCUT2D eigenvalue weighted by Gasteiger charge is 2.17. The maximum Gasteiger partial charge on any atom is 0.348 e. The van der Waals surface area contributed by atoms with Crippen LogP contribution in [0.5, 0.6) is 5.88 Å². The predicted octanol–water partition coefficient (Wildman–Crippen LogP) is 0.980. The molecule has 0 aliphatic carbocycles. The highest BCUT2D eigenvalue weighted by Crippen LogP contribution is 2.31. The summed E-state index contributed by atoms with van der Waals surface area (Å²) in [5.74, 6) is -0.739. The predicted molar refractivity (Wildman–Crippen MR) is 55.3 cm³/mol. The second-order valence-corrected chi connectivity index (χ2v) is 3.72. The summed E-state index contributed by atoms with van der Waals surface area (Å²) < 4.78 is 4.88. The van der Waals surface area contributed by atoms with Crippen molar-refractivity contribution in [3.8, 4) is 5.88 Å². The van der Waals surface area contributed by atoms with Gasteiger partial charge in [0.2, 0.25) is 5.88 Å². The number of fused-ring (bicyclic) bond motifs is 1. The number of rotatable bonds is 2. The molecule has 2 aromatic heterocycles. The Labute approximate surface area is 88.3 Å². The van der Waals surface area contributed by atoms with Crippen LogP contribution in [0.3, 0.4) is 0 Å². The Bertz CT molecular complexity index is 537. The summed E-state index contributed by atoms with van der Waals surface area (Å²) in [6.45, 7) is 0. The van der Waals surface area contributed by atoms with E-state index in [4.69, 9.17) is 15.6 Å². The Morgan fingerprint density at radius 2 is 2.40 bits per heavy atom. The molecule has 0 saturated heterocycles. The van der Waals surface area contributed by atoms with E-state index in [0.717, 1.165) is 11.3 Å². The van der Waals surface area contributed by atoms with Crippen LogP contribution >= 0.6 is 11.3 Å². The molecule has 3 N–H and O–H groups in total. The van der Waals surface area contributed by atoms with E-state index in [1.165, 1.54) is 13.3 Å². The Balaban J connectivity index is 2.70. The SMILES string of the molecule is COc1cnc2c(N)c(C(=O)O)sc2n1. The van der Waals surface area contributed by atoms with E-state index >= 15 is 0 Å². The van der Waals surface area contributed by atoms with E-state index in [-0.39, 0.29) is 10.6 Å². The fourth-order valence-electron chi connectivity index (χ4n) is 1.13. The Hall–Kier alpha value is -1.89. The smallest absolute Gasteiger partial charge is 0.348 e. The van der Waals surface area contributed by atoms with Gasteiger partial charge in [-0.2, -0.15) is 4.98 Å². The summed E-state index contributed by atoms with van der Waals surface area (Å²) >= 11 is 0.983. The van der Waals surface area contributed by atoms with E-state index in [1.807, 2.05) is 0 Å². The average molecular weight is 225 g/mol. The van der Waals surface area contributed by atoms with E-state index in [9.17, 15) is 4.79 Å². The molecular formula is C8H7N3O3S. The van der Waals surface area contributed by atoms with Crippen LogP contribution in [0.1, 0.15) is 9.67 Å². The van der Waals surface area contributed by atoms with Crippen molar-refractivity contribution in [1.82, 2.24) is 9.97 Å². The van der Waals surface area contributed by atoms with Gasteiger partial charge in [0.1, 0.15) is 15.2 Å². The summed E-state index contributed by atoms with van der Waals surface area (Å²) in [5.41, 5.74) is 6.17. The van der Waals surface area contributed by atoms with Crippen molar-refractivity contribution in [2.75, 3.05) is 12.8 Å². The summed E-state index contributed by atoms with van der Waals surface area (Å²) in [7, 11) is 1.46. The lowest BCUT2D eigenvalue weighted by Gasteiger charge is -1.96. The number of thiophene rings is 1. The zero-order valence-corrected chi connectivity index (χ0v) is 8.54. The van der Waals surface area contributed by atoms with Crippen LogP contribution in [0.2, 0.25) is 0 Å². The molecule has 78 valence electrons. The van der Waals surface area contributed by atoms with E-state index in [1.54, 1.807) is 0 Å². The fraction of sp³-hybridized carbons (Fsp3) is 0.125. The number of ether oxygens (including phenoxy) is 1. The number of aromatic carboxylic acids is 1. The molecule has 6 nitrogen and oxygen atoms in total. The van der Waals surface area contributed by atoms with Gasteiger partial charge in [0, 0.05) is 0 Å². The molecule has 2 aromatic rings. The van der Waals surface area contributed by atoms with Crippen LogP contribution in [0, 0.1) is 0 Å². The van der Waals surface area contributed by atoms with Gasteiger partial charge in [0.15, 0.2) is 0 Å². The van der Waals surface area contributed by atoms with Gasteiger partial charge >= 0.3 is 5.97 Å². The summed E-state index contributed by atoms with van der Waals surface area (Å²) in [4.78, 5) is 19.3. The van der Waals surface area contributed by atoms with Gasteiger partial charge in [0.25, 0.3) is 0 Å². The molecule has 0 radical (unpaired) electrons. The molecule has 7 heteroatoms. The molecule has 2 rings (SSSR count). The minimum absolute atomic E-state index is 0.0539. The highest BCUT2D eigenvalue weighted by molar-refractivity contribution is 7.21. The van der Waals surface area contributed by atoms with Gasteiger partial charge in [-0.05, 0) is 0 Å². The molecule has 0 amide bonds. The van der Waals surface area contributed by atoms with Crippen LogP contribution < -0.4 is 10.5 Å². The standard InChI is InChI=1S/C8H7N3O3S/c1-14-3-2-10-5-4(9)6(8(12)13)15-7(5)11-3/h2H,9H2,1H3,(H,12,13). The molecule has 0 fully saturated rings. The number of anilines is 1. The number of carboxylic acid groups (broad SMARTS) is 1. The molecule has 0 atom stereocenters. The van der Waals surface area contributed by atoms with Crippen LogP contribution in [0.25, 0.3) is 10.3 Å². The van der Waals surface area contributed by atoms with Crippen LogP contribution in [-0.2, 0) is 0 Å². The third-order valence-corrected chi connectivity index (χ3v) is 2.90. The van der Waals surface area contributed by atoms with E-state index in [0.29, 0.717) is 16.2 Å². The minimum atomic E-state index is -1.07. The number of hydrogen-bond acceptors (Lipinski definition) is 6. The number of carboxylic acids is 1. The molecule has 2 heterocycles. The van der Waals surface area contributed by atoms with Gasteiger partial charge in [-0.25, -0.2) is 9.78 Å². The Kier molecular flexibility index (Phi) is 2.16. The first-order chi connectivity index (χ1) is 7.13. The van der Waals surface area contributed by atoms with Crippen LogP contribution in [0.4, 0.5) is 5.69 Å². The van der Waals surface area contributed by atoms with Crippen molar-refractivity contribution >= 4 is 33.3 Å². The second-order valence-electron chi connectivity index (χ2n) is 2.72. The summed E-state index contributed by atoms with van der Waals surface area (Å²) in [6, 6.07) is 0. The number of nitrogens with two attached hydrogens (primary N) is 1.